The lowest BCUT2D eigenvalue weighted by atomic mass is 9.96. The zero-order chi connectivity index (χ0) is 11.5. The average molecular weight is 208 g/mol. The van der Waals surface area contributed by atoms with Crippen LogP contribution in [0.3, 0.4) is 0 Å². The van der Waals surface area contributed by atoms with Crippen LogP contribution < -0.4 is 0 Å². The van der Waals surface area contributed by atoms with E-state index in [1.807, 2.05) is 0 Å². The molecule has 0 fully saturated rings. The number of unbranched alkanes of at least 4 members (excludes halogenated alkanes) is 4. The van der Waals surface area contributed by atoms with Crippen molar-refractivity contribution in [3.8, 4) is 0 Å². The minimum atomic E-state index is 0.696. The summed E-state index contributed by atoms with van der Waals surface area (Å²) in [6.07, 6.45) is 13.9. The van der Waals surface area contributed by atoms with Crippen molar-refractivity contribution in [3.63, 3.8) is 0 Å². The predicted octanol–water partition coefficient (Wildman–Crippen LogP) is 5.51. The first-order chi connectivity index (χ1) is 7.20. The van der Waals surface area contributed by atoms with Gasteiger partial charge in [0.1, 0.15) is 0 Å². The van der Waals surface area contributed by atoms with Crippen LogP contribution in [0.25, 0.3) is 0 Å². The minimum Gasteiger partial charge on any atom is -0.103 e. The lowest BCUT2D eigenvalue weighted by molar-refractivity contribution is 0.527. The van der Waals surface area contributed by atoms with E-state index in [0.29, 0.717) is 5.92 Å². The number of hydrogen-bond acceptors (Lipinski definition) is 0. The molecule has 0 heterocycles. The third-order valence-electron chi connectivity index (χ3n) is 2.84. The zero-order valence-electron chi connectivity index (χ0n) is 10.9. The molecule has 0 spiro atoms. The molecule has 0 nitrogen and oxygen atoms in total. The molecule has 0 saturated heterocycles. The summed E-state index contributed by atoms with van der Waals surface area (Å²) in [5.41, 5.74) is 1.42. The lowest BCUT2D eigenvalue weighted by Crippen LogP contribution is -1.94. The fourth-order valence-electron chi connectivity index (χ4n) is 1.73. The van der Waals surface area contributed by atoms with Crippen molar-refractivity contribution in [3.05, 3.63) is 24.3 Å². The van der Waals surface area contributed by atoms with Crippen molar-refractivity contribution < 1.29 is 0 Å². The zero-order valence-corrected chi connectivity index (χ0v) is 10.9. The summed E-state index contributed by atoms with van der Waals surface area (Å²) in [6, 6.07) is 0. The van der Waals surface area contributed by atoms with E-state index < -0.39 is 0 Å². The van der Waals surface area contributed by atoms with Gasteiger partial charge in [0.2, 0.25) is 0 Å². The molecule has 0 aliphatic rings. The van der Waals surface area contributed by atoms with Gasteiger partial charge in [-0.2, -0.15) is 0 Å². The Balaban J connectivity index is 3.53. The van der Waals surface area contributed by atoms with Gasteiger partial charge in [0, 0.05) is 0 Å². The second-order valence-electron chi connectivity index (χ2n) is 4.72. The molecule has 0 aliphatic heterocycles. The van der Waals surface area contributed by atoms with Gasteiger partial charge in [0.15, 0.2) is 0 Å². The van der Waals surface area contributed by atoms with E-state index in [9.17, 15) is 0 Å². The smallest absolute Gasteiger partial charge is 0.0202 e. The van der Waals surface area contributed by atoms with Crippen LogP contribution in [-0.2, 0) is 0 Å². The summed E-state index contributed by atoms with van der Waals surface area (Å²) in [5.74, 6) is 0.696. The van der Waals surface area contributed by atoms with Crippen LogP contribution in [0.15, 0.2) is 24.3 Å². The van der Waals surface area contributed by atoms with Crippen molar-refractivity contribution in [2.45, 2.75) is 65.7 Å². The monoisotopic (exact) mass is 208 g/mol. The summed E-state index contributed by atoms with van der Waals surface area (Å²) in [7, 11) is 0. The standard InChI is InChI=1S/C15H28/c1-5-7-8-9-10-11-15(6-2)13-12-14(3)4/h6,12,15H,2,5,7-11,13H2,1,3-4H3. The average Bonchev–Trinajstić information content (AvgIpc) is 2.22. The van der Waals surface area contributed by atoms with Crippen LogP contribution in [0.1, 0.15) is 65.7 Å². The van der Waals surface area contributed by atoms with Gasteiger partial charge in [-0.15, -0.1) is 6.58 Å². The van der Waals surface area contributed by atoms with E-state index >= 15 is 0 Å². The summed E-state index contributed by atoms with van der Waals surface area (Å²) in [6.45, 7) is 10.5. The molecule has 0 bridgehead atoms. The molecule has 0 aromatic heterocycles. The van der Waals surface area contributed by atoms with Crippen LogP contribution in [-0.4, -0.2) is 0 Å². The molecule has 0 aromatic rings. The third-order valence-corrected chi connectivity index (χ3v) is 2.84. The van der Waals surface area contributed by atoms with Crippen molar-refractivity contribution in [2.24, 2.45) is 5.92 Å². The molecule has 0 amide bonds. The molecule has 0 heteroatoms. The van der Waals surface area contributed by atoms with E-state index in [1.54, 1.807) is 0 Å². The van der Waals surface area contributed by atoms with Gasteiger partial charge in [-0.1, -0.05) is 56.8 Å². The molecular formula is C15H28. The Labute approximate surface area is 96.5 Å². The Morgan fingerprint density at radius 3 is 2.33 bits per heavy atom. The first-order valence-corrected chi connectivity index (χ1v) is 6.46. The van der Waals surface area contributed by atoms with E-state index in [-0.39, 0.29) is 0 Å². The van der Waals surface area contributed by atoms with Crippen LogP contribution >= 0.6 is 0 Å². The molecule has 0 radical (unpaired) electrons. The van der Waals surface area contributed by atoms with Crippen LogP contribution in [0.4, 0.5) is 0 Å². The molecule has 0 aromatic carbocycles. The number of rotatable bonds is 9. The van der Waals surface area contributed by atoms with Crippen molar-refractivity contribution >= 4 is 0 Å². The predicted molar refractivity (Wildman–Crippen MR) is 71.1 cm³/mol. The molecule has 15 heavy (non-hydrogen) atoms. The topological polar surface area (TPSA) is 0 Å². The lowest BCUT2D eigenvalue weighted by Gasteiger charge is -2.09. The Morgan fingerprint density at radius 1 is 1.13 bits per heavy atom. The minimum absolute atomic E-state index is 0.696. The molecule has 0 rings (SSSR count). The largest absolute Gasteiger partial charge is 0.103 e. The molecule has 0 N–H and O–H groups in total. The quantitative estimate of drug-likeness (QED) is 0.346. The second-order valence-corrected chi connectivity index (χ2v) is 4.72. The fraction of sp³-hybridized carbons (Fsp3) is 0.733. The van der Waals surface area contributed by atoms with E-state index in [1.165, 1.54) is 50.5 Å². The molecule has 1 atom stereocenters. The van der Waals surface area contributed by atoms with Gasteiger partial charge in [-0.25, -0.2) is 0 Å². The highest BCUT2D eigenvalue weighted by Gasteiger charge is 2.01. The Kier molecular flexibility index (Phi) is 9.67. The highest BCUT2D eigenvalue weighted by atomic mass is 14.1. The van der Waals surface area contributed by atoms with Gasteiger partial charge < -0.3 is 0 Å². The maximum atomic E-state index is 3.92. The van der Waals surface area contributed by atoms with Gasteiger partial charge in [-0.3, -0.25) is 0 Å². The molecule has 0 aliphatic carbocycles. The van der Waals surface area contributed by atoms with E-state index in [4.69, 9.17) is 0 Å². The first-order valence-electron chi connectivity index (χ1n) is 6.46. The van der Waals surface area contributed by atoms with E-state index in [0.717, 1.165) is 0 Å². The van der Waals surface area contributed by atoms with Gasteiger partial charge in [-0.05, 0) is 32.6 Å². The van der Waals surface area contributed by atoms with Crippen LogP contribution in [0.5, 0.6) is 0 Å². The Bertz CT molecular complexity index is 172. The third kappa shape index (κ3) is 9.78. The summed E-state index contributed by atoms with van der Waals surface area (Å²) in [4.78, 5) is 0. The first kappa shape index (κ1) is 14.5. The van der Waals surface area contributed by atoms with E-state index in [2.05, 4.69) is 39.5 Å². The molecule has 0 saturated carbocycles. The van der Waals surface area contributed by atoms with Crippen molar-refractivity contribution in [1.29, 1.82) is 0 Å². The second kappa shape index (κ2) is 10.0. The van der Waals surface area contributed by atoms with Gasteiger partial charge in [0.05, 0.1) is 0 Å². The molecule has 1 unspecified atom stereocenters. The summed E-state index contributed by atoms with van der Waals surface area (Å²) >= 11 is 0. The maximum Gasteiger partial charge on any atom is -0.0202 e. The summed E-state index contributed by atoms with van der Waals surface area (Å²) < 4.78 is 0. The Hall–Kier alpha value is -0.520. The highest BCUT2D eigenvalue weighted by molar-refractivity contribution is 4.96. The van der Waals surface area contributed by atoms with Crippen LogP contribution in [0.2, 0.25) is 0 Å². The van der Waals surface area contributed by atoms with Crippen molar-refractivity contribution in [2.75, 3.05) is 0 Å². The van der Waals surface area contributed by atoms with Gasteiger partial charge in [0.25, 0.3) is 0 Å². The SMILES string of the molecule is C=CC(CC=C(C)C)CCCCCCC. The molecule has 88 valence electrons. The fourth-order valence-corrected chi connectivity index (χ4v) is 1.73. The van der Waals surface area contributed by atoms with Crippen molar-refractivity contribution in [1.82, 2.24) is 0 Å². The highest BCUT2D eigenvalue weighted by Crippen LogP contribution is 2.17. The number of hydrogen-bond donors (Lipinski definition) is 0. The molecular weight excluding hydrogens is 180 g/mol. The maximum absolute atomic E-state index is 3.92. The van der Waals surface area contributed by atoms with Crippen LogP contribution in [0, 0.1) is 5.92 Å². The van der Waals surface area contributed by atoms with Gasteiger partial charge >= 0.3 is 0 Å². The number of allylic oxidation sites excluding steroid dienone is 3. The Morgan fingerprint density at radius 2 is 1.80 bits per heavy atom. The summed E-state index contributed by atoms with van der Waals surface area (Å²) in [5, 5.41) is 0. The normalized spacial score (nSPS) is 12.2.